The number of anilines is 2. The molecule has 0 aromatic heterocycles. The highest BCUT2D eigenvalue weighted by Crippen LogP contribution is 2.24. The van der Waals surface area contributed by atoms with Gasteiger partial charge in [0.15, 0.2) is 0 Å². The molecule has 0 saturated heterocycles. The van der Waals surface area contributed by atoms with Crippen LogP contribution in [0, 0.1) is 18.3 Å². The van der Waals surface area contributed by atoms with Gasteiger partial charge < -0.3 is 10.6 Å². The topological polar surface area (TPSA) is 64.9 Å². The molecule has 0 spiro atoms. The molecule has 2 N–H and O–H groups in total. The van der Waals surface area contributed by atoms with E-state index in [0.29, 0.717) is 5.02 Å². The zero-order valence-electron chi connectivity index (χ0n) is 15.2. The van der Waals surface area contributed by atoms with E-state index in [-0.39, 0.29) is 5.57 Å². The van der Waals surface area contributed by atoms with E-state index >= 15 is 0 Å². The Morgan fingerprint density at radius 1 is 1.15 bits per heavy atom. The SMILES string of the molecule is CCc1cccc(CC)c1NC(=O)/C(C#N)=C\Nc1cccc(Cl)c1C. The number of benzene rings is 2. The zero-order valence-corrected chi connectivity index (χ0v) is 15.9. The van der Waals surface area contributed by atoms with Crippen molar-refractivity contribution in [2.75, 3.05) is 10.6 Å². The van der Waals surface area contributed by atoms with Crippen LogP contribution in [0.1, 0.15) is 30.5 Å². The lowest BCUT2D eigenvalue weighted by Crippen LogP contribution is -2.17. The average Bonchev–Trinajstić information content (AvgIpc) is 2.65. The molecule has 2 aromatic carbocycles. The molecule has 0 radical (unpaired) electrons. The Morgan fingerprint density at radius 2 is 1.77 bits per heavy atom. The Morgan fingerprint density at radius 3 is 2.35 bits per heavy atom. The van der Waals surface area contributed by atoms with E-state index in [0.717, 1.165) is 40.9 Å². The summed E-state index contributed by atoms with van der Waals surface area (Å²) in [7, 11) is 0. The molecule has 4 nitrogen and oxygen atoms in total. The summed E-state index contributed by atoms with van der Waals surface area (Å²) < 4.78 is 0. The molecular formula is C21H22ClN3O. The standard InChI is InChI=1S/C21H22ClN3O/c1-4-15-8-6-9-16(5-2)20(15)25-21(26)17(12-23)13-24-19-11-7-10-18(22)14(19)3/h6-11,13,24H,4-5H2,1-3H3,(H,25,26)/b17-13-. The van der Waals surface area contributed by atoms with Crippen molar-refractivity contribution in [1.82, 2.24) is 0 Å². The summed E-state index contributed by atoms with van der Waals surface area (Å²) in [5.74, 6) is -0.435. The molecule has 2 rings (SSSR count). The smallest absolute Gasteiger partial charge is 0.267 e. The number of hydrogen-bond donors (Lipinski definition) is 2. The number of halogens is 1. The Kier molecular flexibility index (Phi) is 6.82. The van der Waals surface area contributed by atoms with Gasteiger partial charge >= 0.3 is 0 Å². The van der Waals surface area contributed by atoms with Crippen molar-refractivity contribution in [3.8, 4) is 6.07 Å². The third-order valence-electron chi connectivity index (χ3n) is 4.24. The molecule has 0 fully saturated rings. The van der Waals surface area contributed by atoms with Crippen molar-refractivity contribution < 1.29 is 4.79 Å². The van der Waals surface area contributed by atoms with E-state index in [9.17, 15) is 10.1 Å². The van der Waals surface area contributed by atoms with Gasteiger partial charge in [-0.1, -0.05) is 49.7 Å². The molecule has 1 amide bonds. The lowest BCUT2D eigenvalue weighted by Gasteiger charge is -2.14. The maximum atomic E-state index is 12.6. The molecule has 0 saturated carbocycles. The van der Waals surface area contributed by atoms with Gasteiger partial charge in [0.1, 0.15) is 11.6 Å². The number of carbonyl (C=O) groups is 1. The lowest BCUT2D eigenvalue weighted by molar-refractivity contribution is -0.112. The second kappa shape index (κ2) is 9.07. The van der Waals surface area contributed by atoms with Gasteiger partial charge in [-0.25, -0.2) is 0 Å². The summed E-state index contributed by atoms with van der Waals surface area (Å²) in [5, 5.41) is 15.9. The van der Waals surface area contributed by atoms with E-state index in [1.807, 2.05) is 57.2 Å². The molecule has 0 aliphatic carbocycles. The molecule has 0 bridgehead atoms. The number of nitrogens with zero attached hydrogens (tertiary/aromatic N) is 1. The van der Waals surface area contributed by atoms with E-state index in [1.54, 1.807) is 6.07 Å². The van der Waals surface area contributed by atoms with Crippen LogP contribution in [0.2, 0.25) is 5.02 Å². The quantitative estimate of drug-likeness (QED) is 0.542. The van der Waals surface area contributed by atoms with Crippen LogP contribution in [0.15, 0.2) is 48.2 Å². The number of hydrogen-bond acceptors (Lipinski definition) is 3. The Labute approximate surface area is 159 Å². The van der Waals surface area contributed by atoms with Crippen molar-refractivity contribution in [3.05, 3.63) is 69.9 Å². The third-order valence-corrected chi connectivity index (χ3v) is 4.65. The molecule has 134 valence electrons. The second-order valence-electron chi connectivity index (χ2n) is 5.84. The van der Waals surface area contributed by atoms with E-state index < -0.39 is 5.91 Å². The lowest BCUT2D eigenvalue weighted by atomic mass is 10.0. The van der Waals surface area contributed by atoms with Crippen molar-refractivity contribution in [1.29, 1.82) is 5.26 Å². The molecule has 0 unspecified atom stereocenters. The second-order valence-corrected chi connectivity index (χ2v) is 6.25. The van der Waals surface area contributed by atoms with E-state index in [1.165, 1.54) is 6.20 Å². The van der Waals surface area contributed by atoms with Gasteiger partial charge in [0, 0.05) is 22.6 Å². The highest BCUT2D eigenvalue weighted by molar-refractivity contribution is 6.31. The van der Waals surface area contributed by atoms with Crippen LogP contribution in [-0.2, 0) is 17.6 Å². The van der Waals surface area contributed by atoms with Gasteiger partial charge in [-0.05, 0) is 48.6 Å². The summed E-state index contributed by atoms with van der Waals surface area (Å²) in [4.78, 5) is 12.6. The number of para-hydroxylation sites is 1. The number of nitrogens with one attached hydrogen (secondary N) is 2. The average molecular weight is 368 g/mol. The Balaban J connectivity index is 2.25. The van der Waals surface area contributed by atoms with E-state index in [2.05, 4.69) is 10.6 Å². The first-order valence-corrected chi connectivity index (χ1v) is 8.93. The van der Waals surface area contributed by atoms with Crippen molar-refractivity contribution in [2.24, 2.45) is 0 Å². The molecule has 2 aromatic rings. The van der Waals surface area contributed by atoms with Crippen LogP contribution < -0.4 is 10.6 Å². The Hall–Kier alpha value is -2.77. The van der Waals surface area contributed by atoms with Crippen LogP contribution in [-0.4, -0.2) is 5.91 Å². The first kappa shape index (κ1) is 19.6. The summed E-state index contributed by atoms with van der Waals surface area (Å²) in [6, 6.07) is 13.3. The van der Waals surface area contributed by atoms with Crippen LogP contribution in [0.3, 0.4) is 0 Å². The minimum absolute atomic E-state index is 0.00247. The van der Waals surface area contributed by atoms with Gasteiger partial charge in [-0.3, -0.25) is 4.79 Å². The number of amides is 1. The summed E-state index contributed by atoms with van der Waals surface area (Å²) in [6.07, 6.45) is 3.01. The van der Waals surface area contributed by atoms with Crippen LogP contribution >= 0.6 is 11.6 Å². The minimum Gasteiger partial charge on any atom is -0.360 e. The highest BCUT2D eigenvalue weighted by Gasteiger charge is 2.14. The maximum Gasteiger partial charge on any atom is 0.267 e. The fraction of sp³-hybridized carbons (Fsp3) is 0.238. The highest BCUT2D eigenvalue weighted by atomic mass is 35.5. The fourth-order valence-corrected chi connectivity index (χ4v) is 2.82. The first-order valence-electron chi connectivity index (χ1n) is 8.55. The fourth-order valence-electron chi connectivity index (χ4n) is 2.65. The summed E-state index contributed by atoms with van der Waals surface area (Å²) in [5.41, 5.74) is 4.50. The van der Waals surface area contributed by atoms with Gasteiger partial charge in [0.2, 0.25) is 0 Å². The first-order chi connectivity index (χ1) is 12.5. The molecule has 5 heteroatoms. The number of aryl methyl sites for hydroxylation is 2. The van der Waals surface area contributed by atoms with Crippen molar-refractivity contribution in [3.63, 3.8) is 0 Å². The molecule has 26 heavy (non-hydrogen) atoms. The minimum atomic E-state index is -0.435. The van der Waals surface area contributed by atoms with Crippen molar-refractivity contribution in [2.45, 2.75) is 33.6 Å². The maximum absolute atomic E-state index is 12.6. The van der Waals surface area contributed by atoms with Crippen LogP contribution in [0.5, 0.6) is 0 Å². The third kappa shape index (κ3) is 4.44. The number of rotatable bonds is 6. The Bertz CT molecular complexity index is 859. The monoisotopic (exact) mass is 367 g/mol. The molecule has 0 aliphatic heterocycles. The van der Waals surface area contributed by atoms with E-state index in [4.69, 9.17) is 11.6 Å². The summed E-state index contributed by atoms with van der Waals surface area (Å²) in [6.45, 7) is 5.94. The van der Waals surface area contributed by atoms with Gasteiger partial charge in [-0.15, -0.1) is 0 Å². The predicted molar refractivity (Wildman–Crippen MR) is 107 cm³/mol. The van der Waals surface area contributed by atoms with Crippen molar-refractivity contribution >= 4 is 28.9 Å². The van der Waals surface area contributed by atoms with Gasteiger partial charge in [0.05, 0.1) is 0 Å². The number of nitriles is 1. The molecule has 0 aliphatic rings. The van der Waals surface area contributed by atoms with Crippen LogP contribution in [0.4, 0.5) is 11.4 Å². The molecule has 0 atom stereocenters. The van der Waals surface area contributed by atoms with Crippen LogP contribution in [0.25, 0.3) is 0 Å². The van der Waals surface area contributed by atoms with Gasteiger partial charge in [-0.2, -0.15) is 5.26 Å². The summed E-state index contributed by atoms with van der Waals surface area (Å²) >= 11 is 6.09. The normalized spacial score (nSPS) is 11.0. The predicted octanol–water partition coefficient (Wildman–Crippen LogP) is 5.23. The van der Waals surface area contributed by atoms with Gasteiger partial charge in [0.25, 0.3) is 5.91 Å². The number of carbonyl (C=O) groups excluding carboxylic acids is 1. The molecular weight excluding hydrogens is 346 g/mol. The largest absolute Gasteiger partial charge is 0.360 e. The molecule has 0 heterocycles. The zero-order chi connectivity index (χ0) is 19.1.